The van der Waals surface area contributed by atoms with Gasteiger partial charge in [-0.2, -0.15) is 0 Å². The topological polar surface area (TPSA) is 88.1 Å². The van der Waals surface area contributed by atoms with Gasteiger partial charge in [-0.1, -0.05) is 38.8 Å². The number of nitrogen functional groups attached to an aromatic ring is 1. The number of nitrogens with two attached hydrogens (primary N) is 1. The summed E-state index contributed by atoms with van der Waals surface area (Å²) in [6, 6.07) is 8.05. The normalized spacial score (nSPS) is 10.7. The van der Waals surface area contributed by atoms with Crippen molar-refractivity contribution >= 4 is 46.4 Å². The molecule has 29 heavy (non-hydrogen) atoms. The molecule has 0 saturated carbocycles. The molecule has 0 bridgehead atoms. The maximum absolute atomic E-state index is 6.10. The standard InChI is InChI=1S/C21H29N5O2.Na/c1-4-6-8-17-23-18-19(21(25-24-20(18)22)28-13-7-5-2)26(17)14-15-9-11-16(27-3)12-10-15;/h9-12H,4-8,13-14H2,1-3H3,(H2,22,24);. The van der Waals surface area contributed by atoms with E-state index in [1.54, 1.807) is 7.11 Å². The van der Waals surface area contributed by atoms with Gasteiger partial charge in [-0.3, -0.25) is 0 Å². The first-order chi connectivity index (χ1) is 13.7. The van der Waals surface area contributed by atoms with Gasteiger partial charge in [0, 0.05) is 42.5 Å². The van der Waals surface area contributed by atoms with Crippen molar-refractivity contribution in [3.8, 4) is 11.6 Å². The number of benzene rings is 1. The van der Waals surface area contributed by atoms with E-state index in [1.165, 1.54) is 0 Å². The maximum Gasteiger partial charge on any atom is 0.260 e. The zero-order valence-electron chi connectivity index (χ0n) is 17.9. The number of hydrogen-bond acceptors (Lipinski definition) is 6. The van der Waals surface area contributed by atoms with Crippen LogP contribution in [0.15, 0.2) is 24.3 Å². The summed E-state index contributed by atoms with van der Waals surface area (Å²) < 4.78 is 13.4. The molecule has 0 amide bonds. The average Bonchev–Trinajstić information content (AvgIpc) is 3.08. The van der Waals surface area contributed by atoms with Crippen molar-refractivity contribution in [1.29, 1.82) is 0 Å². The molecule has 8 heteroatoms. The molecule has 2 heterocycles. The first-order valence-corrected chi connectivity index (χ1v) is 9.94. The van der Waals surface area contributed by atoms with E-state index in [9.17, 15) is 0 Å². The summed E-state index contributed by atoms with van der Waals surface area (Å²) in [5, 5.41) is 8.28. The van der Waals surface area contributed by atoms with Crippen LogP contribution < -0.4 is 15.2 Å². The molecule has 7 nitrogen and oxygen atoms in total. The van der Waals surface area contributed by atoms with Crippen molar-refractivity contribution in [2.45, 2.75) is 52.5 Å². The van der Waals surface area contributed by atoms with Crippen LogP contribution >= 0.6 is 0 Å². The summed E-state index contributed by atoms with van der Waals surface area (Å²) in [5.74, 6) is 2.66. The fourth-order valence-corrected chi connectivity index (χ4v) is 3.11. The van der Waals surface area contributed by atoms with Crippen LogP contribution in [0.4, 0.5) is 5.82 Å². The molecular formula is C21H29N5NaO2. The molecule has 3 rings (SSSR count). The van der Waals surface area contributed by atoms with Crippen LogP contribution in [0.25, 0.3) is 11.0 Å². The largest absolute Gasteiger partial charge is 0.497 e. The molecule has 0 aliphatic carbocycles. The second-order valence-electron chi connectivity index (χ2n) is 6.86. The minimum Gasteiger partial charge on any atom is -0.497 e. The fourth-order valence-electron chi connectivity index (χ4n) is 3.11. The first kappa shape index (κ1) is 23.4. The molecule has 2 aromatic heterocycles. The zero-order chi connectivity index (χ0) is 19.9. The summed E-state index contributed by atoms with van der Waals surface area (Å²) in [4.78, 5) is 4.80. The minimum absolute atomic E-state index is 0. The van der Waals surface area contributed by atoms with Gasteiger partial charge in [0.25, 0.3) is 5.88 Å². The Kier molecular flexibility index (Phi) is 9.20. The molecule has 2 N–H and O–H groups in total. The first-order valence-electron chi connectivity index (χ1n) is 9.94. The Hall–Kier alpha value is -1.83. The van der Waals surface area contributed by atoms with Crippen molar-refractivity contribution in [2.75, 3.05) is 19.5 Å². The van der Waals surface area contributed by atoms with Crippen LogP contribution in [0, 0.1) is 0 Å². The van der Waals surface area contributed by atoms with Gasteiger partial charge in [0.2, 0.25) is 0 Å². The molecule has 151 valence electrons. The molecule has 0 aliphatic rings. The Bertz CT molecular complexity index is 912. The van der Waals surface area contributed by atoms with Crippen LogP contribution in [0.2, 0.25) is 0 Å². The number of unbranched alkanes of at least 4 members (excludes halogenated alkanes) is 2. The number of nitrogens with zero attached hydrogens (tertiary/aromatic N) is 4. The number of ether oxygens (including phenoxy) is 2. The molecular weight excluding hydrogens is 377 g/mol. The van der Waals surface area contributed by atoms with E-state index in [-0.39, 0.29) is 29.6 Å². The number of rotatable bonds is 10. The summed E-state index contributed by atoms with van der Waals surface area (Å²) >= 11 is 0. The van der Waals surface area contributed by atoms with Gasteiger partial charge in [-0.15, -0.1) is 10.2 Å². The smallest absolute Gasteiger partial charge is 0.260 e. The number of anilines is 1. The maximum atomic E-state index is 6.10. The second kappa shape index (κ2) is 11.4. The second-order valence-corrected chi connectivity index (χ2v) is 6.86. The van der Waals surface area contributed by atoms with Crippen LogP contribution in [0.1, 0.15) is 50.9 Å². The zero-order valence-corrected chi connectivity index (χ0v) is 19.9. The molecule has 1 aromatic carbocycles. The van der Waals surface area contributed by atoms with Gasteiger partial charge >= 0.3 is 0 Å². The van der Waals surface area contributed by atoms with Gasteiger partial charge in [0.05, 0.1) is 13.7 Å². The van der Waals surface area contributed by atoms with Crippen molar-refractivity contribution in [3.05, 3.63) is 35.7 Å². The third-order valence-corrected chi connectivity index (χ3v) is 4.73. The van der Waals surface area contributed by atoms with Crippen molar-refractivity contribution in [3.63, 3.8) is 0 Å². The van der Waals surface area contributed by atoms with Gasteiger partial charge < -0.3 is 19.8 Å². The monoisotopic (exact) mass is 406 g/mol. The molecule has 0 atom stereocenters. The predicted molar refractivity (Wildman–Crippen MR) is 117 cm³/mol. The van der Waals surface area contributed by atoms with Crippen LogP contribution in [-0.4, -0.2) is 63.0 Å². The summed E-state index contributed by atoms with van der Waals surface area (Å²) in [7, 11) is 1.67. The van der Waals surface area contributed by atoms with Gasteiger partial charge in [0.1, 0.15) is 22.6 Å². The number of imidazole rings is 1. The summed E-state index contributed by atoms with van der Waals surface area (Å²) in [6.45, 7) is 5.56. The molecule has 0 aliphatic heterocycles. The van der Waals surface area contributed by atoms with Crippen LogP contribution in [0.3, 0.4) is 0 Å². The third kappa shape index (κ3) is 5.62. The van der Waals surface area contributed by atoms with Gasteiger partial charge in [0.15, 0.2) is 5.82 Å². The number of aryl methyl sites for hydroxylation is 1. The number of fused-ring (bicyclic) bond motifs is 1. The van der Waals surface area contributed by atoms with E-state index in [0.29, 0.717) is 30.4 Å². The van der Waals surface area contributed by atoms with Crippen LogP contribution in [0.5, 0.6) is 11.6 Å². The molecule has 3 aromatic rings. The Balaban J connectivity index is 0.00000300. The number of hydrogen-bond donors (Lipinski definition) is 1. The molecule has 0 saturated heterocycles. The van der Waals surface area contributed by atoms with Crippen molar-refractivity contribution < 1.29 is 9.47 Å². The average molecular weight is 406 g/mol. The molecule has 0 spiro atoms. The summed E-state index contributed by atoms with van der Waals surface area (Å²) in [6.07, 6.45) is 5.03. The SMILES string of the molecule is CCCCOc1nnc(N)c2nc(CCCC)n(Cc3ccc(OC)cc3)c12.[Na]. The Morgan fingerprint density at radius 2 is 1.76 bits per heavy atom. The number of methoxy groups -OCH3 is 1. The third-order valence-electron chi connectivity index (χ3n) is 4.73. The Labute approximate surface area is 194 Å². The quantitative estimate of drug-likeness (QED) is 0.409. The summed E-state index contributed by atoms with van der Waals surface area (Å²) in [5.41, 5.74) is 8.74. The van der Waals surface area contributed by atoms with Crippen LogP contribution in [-0.2, 0) is 13.0 Å². The van der Waals surface area contributed by atoms with E-state index in [4.69, 9.17) is 20.2 Å². The van der Waals surface area contributed by atoms with Crippen molar-refractivity contribution in [2.24, 2.45) is 0 Å². The minimum atomic E-state index is 0. The fraction of sp³-hybridized carbons (Fsp3) is 0.476. The Morgan fingerprint density at radius 3 is 2.41 bits per heavy atom. The van der Waals surface area contributed by atoms with E-state index >= 15 is 0 Å². The molecule has 1 radical (unpaired) electrons. The molecule has 0 fully saturated rings. The van der Waals surface area contributed by atoms with Gasteiger partial charge in [-0.05, 0) is 30.5 Å². The van der Waals surface area contributed by atoms with E-state index in [2.05, 4.69) is 40.7 Å². The predicted octanol–water partition coefficient (Wildman–Crippen LogP) is 3.61. The Morgan fingerprint density at radius 1 is 1.03 bits per heavy atom. The van der Waals surface area contributed by atoms with E-state index in [1.807, 2.05) is 12.1 Å². The number of aromatic nitrogens is 4. The van der Waals surface area contributed by atoms with Gasteiger partial charge in [-0.25, -0.2) is 4.98 Å². The van der Waals surface area contributed by atoms with Crippen molar-refractivity contribution in [1.82, 2.24) is 19.7 Å². The van der Waals surface area contributed by atoms with E-state index < -0.39 is 0 Å². The molecule has 0 unspecified atom stereocenters. The van der Waals surface area contributed by atoms with E-state index in [0.717, 1.165) is 54.8 Å².